The van der Waals surface area contributed by atoms with Gasteiger partial charge in [-0.2, -0.15) is 0 Å². The van der Waals surface area contributed by atoms with Crippen molar-refractivity contribution in [2.75, 3.05) is 44.0 Å². The van der Waals surface area contributed by atoms with Crippen molar-refractivity contribution in [1.29, 1.82) is 0 Å². The van der Waals surface area contributed by atoms with Gasteiger partial charge in [-0.15, -0.1) is 10.2 Å². The number of anilines is 1. The predicted molar refractivity (Wildman–Crippen MR) is 97.7 cm³/mol. The zero-order valence-corrected chi connectivity index (χ0v) is 15.5. The summed E-state index contributed by atoms with van der Waals surface area (Å²) >= 11 is 1.11. The molecule has 3 amide bonds. The molecule has 2 heterocycles. The van der Waals surface area contributed by atoms with Gasteiger partial charge >= 0.3 is 6.03 Å². The summed E-state index contributed by atoms with van der Waals surface area (Å²) in [6, 6.07) is 5.49. The van der Waals surface area contributed by atoms with Gasteiger partial charge in [0, 0.05) is 20.1 Å². The Hall–Kier alpha value is -2.66. The van der Waals surface area contributed by atoms with Gasteiger partial charge in [0.2, 0.25) is 11.9 Å². The lowest BCUT2D eigenvalue weighted by molar-refractivity contribution is -0.117. The summed E-state index contributed by atoms with van der Waals surface area (Å²) in [4.78, 5) is 25.1. The lowest BCUT2D eigenvalue weighted by Gasteiger charge is -2.27. The number of morpholine rings is 1. The molecule has 0 spiro atoms. The van der Waals surface area contributed by atoms with Gasteiger partial charge < -0.3 is 15.0 Å². The van der Waals surface area contributed by atoms with Crippen LogP contribution in [-0.2, 0) is 9.53 Å². The Bertz CT molecular complexity index is 824. The highest BCUT2D eigenvalue weighted by Gasteiger charge is 2.22. The lowest BCUT2D eigenvalue weighted by atomic mass is 10.3. The van der Waals surface area contributed by atoms with E-state index in [1.54, 1.807) is 16.7 Å². The zero-order valence-electron chi connectivity index (χ0n) is 14.6. The first kappa shape index (κ1) is 19.1. The van der Waals surface area contributed by atoms with Crippen molar-refractivity contribution in [2.45, 2.75) is 5.16 Å². The third kappa shape index (κ3) is 4.74. The number of aromatic nitrogens is 3. The van der Waals surface area contributed by atoms with Gasteiger partial charge in [0.15, 0.2) is 5.16 Å². The second-order valence-corrected chi connectivity index (χ2v) is 6.56. The topological polar surface area (TPSA) is 101 Å². The molecule has 1 saturated heterocycles. The number of urea groups is 1. The number of thioether (sulfide) groups is 1. The van der Waals surface area contributed by atoms with Crippen molar-refractivity contribution in [3.8, 4) is 5.69 Å². The number of carbonyl (C=O) groups is 2. The van der Waals surface area contributed by atoms with E-state index in [2.05, 4.69) is 20.8 Å². The minimum atomic E-state index is -0.582. The number of nitrogens with zero attached hydrogens (tertiary/aromatic N) is 4. The Labute approximate surface area is 159 Å². The quantitative estimate of drug-likeness (QED) is 0.723. The highest BCUT2D eigenvalue weighted by molar-refractivity contribution is 7.99. The van der Waals surface area contributed by atoms with Crippen LogP contribution in [0.5, 0.6) is 0 Å². The van der Waals surface area contributed by atoms with Crippen molar-refractivity contribution in [3.05, 3.63) is 30.1 Å². The Morgan fingerprint density at radius 2 is 2.07 bits per heavy atom. The highest BCUT2D eigenvalue weighted by Crippen LogP contribution is 2.27. The summed E-state index contributed by atoms with van der Waals surface area (Å²) < 4.78 is 20.8. The van der Waals surface area contributed by atoms with Gasteiger partial charge in [-0.3, -0.25) is 14.7 Å². The van der Waals surface area contributed by atoms with Crippen LogP contribution in [0.3, 0.4) is 0 Å². The van der Waals surface area contributed by atoms with Crippen molar-refractivity contribution in [3.63, 3.8) is 0 Å². The third-order valence-electron chi connectivity index (χ3n) is 3.79. The van der Waals surface area contributed by atoms with Crippen LogP contribution in [0, 0.1) is 5.82 Å². The fraction of sp³-hybridized carbons (Fsp3) is 0.375. The summed E-state index contributed by atoms with van der Waals surface area (Å²) in [5.74, 6) is -0.342. The average molecular weight is 394 g/mol. The summed E-state index contributed by atoms with van der Waals surface area (Å²) in [5.41, 5.74) is 0.552. The highest BCUT2D eigenvalue weighted by atomic mass is 32.2. The maximum atomic E-state index is 13.8. The number of hydrogen-bond acceptors (Lipinski definition) is 7. The zero-order chi connectivity index (χ0) is 19.2. The molecule has 11 heteroatoms. The van der Waals surface area contributed by atoms with E-state index in [4.69, 9.17) is 4.74 Å². The Morgan fingerprint density at radius 1 is 1.30 bits per heavy atom. The standard InChI is InChI=1S/C16H19FN6O3S/c1-18-14(25)19-13(24)10-27-16-21-20-15(22-5-7-26-8-6-22)23(16)12-4-2-3-11(17)9-12/h2-4,9H,5-8,10H2,1H3,(H2,18,19,24,25). The van der Waals surface area contributed by atoms with E-state index in [9.17, 15) is 14.0 Å². The van der Waals surface area contributed by atoms with E-state index >= 15 is 0 Å². The van der Waals surface area contributed by atoms with Crippen LogP contribution in [-0.4, -0.2) is 65.8 Å². The average Bonchev–Trinajstić information content (AvgIpc) is 3.11. The molecule has 1 aromatic heterocycles. The number of nitrogens with one attached hydrogen (secondary N) is 2. The molecular weight excluding hydrogens is 375 g/mol. The first-order valence-electron chi connectivity index (χ1n) is 8.27. The van der Waals surface area contributed by atoms with Gasteiger partial charge in [0.1, 0.15) is 5.82 Å². The molecule has 27 heavy (non-hydrogen) atoms. The molecule has 0 atom stereocenters. The number of ether oxygens (including phenoxy) is 1. The maximum Gasteiger partial charge on any atom is 0.321 e. The molecule has 0 aliphatic carbocycles. The molecule has 0 radical (unpaired) electrons. The summed E-state index contributed by atoms with van der Waals surface area (Å²) in [6.45, 7) is 2.39. The molecule has 0 unspecified atom stereocenters. The summed E-state index contributed by atoms with van der Waals surface area (Å²) in [6.07, 6.45) is 0. The van der Waals surface area contributed by atoms with Crippen LogP contribution in [0.4, 0.5) is 15.1 Å². The summed E-state index contributed by atoms with van der Waals surface area (Å²) in [5, 5.41) is 13.3. The number of hydrogen-bond donors (Lipinski definition) is 2. The Balaban J connectivity index is 1.86. The van der Waals surface area contributed by atoms with Gasteiger partial charge in [0.25, 0.3) is 0 Å². The second-order valence-electron chi connectivity index (χ2n) is 5.61. The number of carbonyl (C=O) groups excluding carboxylic acids is 2. The molecular formula is C16H19FN6O3S. The van der Waals surface area contributed by atoms with Gasteiger partial charge in [-0.05, 0) is 18.2 Å². The van der Waals surface area contributed by atoms with Crippen LogP contribution in [0.2, 0.25) is 0 Å². The predicted octanol–water partition coefficient (Wildman–Crippen LogP) is 0.791. The van der Waals surface area contributed by atoms with E-state index in [0.717, 1.165) is 11.8 Å². The molecule has 0 saturated carbocycles. The van der Waals surface area contributed by atoms with Crippen molar-refractivity contribution in [1.82, 2.24) is 25.4 Å². The largest absolute Gasteiger partial charge is 0.378 e. The molecule has 2 N–H and O–H groups in total. The van der Waals surface area contributed by atoms with E-state index in [-0.39, 0.29) is 11.6 Å². The van der Waals surface area contributed by atoms with Gasteiger partial charge in [-0.25, -0.2) is 9.18 Å². The monoisotopic (exact) mass is 394 g/mol. The molecule has 3 rings (SSSR count). The number of amides is 3. The fourth-order valence-corrected chi connectivity index (χ4v) is 3.27. The molecule has 1 aliphatic rings. The molecule has 1 aliphatic heterocycles. The summed E-state index contributed by atoms with van der Waals surface area (Å²) in [7, 11) is 1.42. The number of imide groups is 1. The molecule has 0 bridgehead atoms. The van der Waals surface area contributed by atoms with Crippen LogP contribution in [0.1, 0.15) is 0 Å². The van der Waals surface area contributed by atoms with E-state index < -0.39 is 11.9 Å². The van der Waals surface area contributed by atoms with Gasteiger partial charge in [0.05, 0.1) is 24.7 Å². The minimum absolute atomic E-state index is 0.0377. The lowest BCUT2D eigenvalue weighted by Crippen LogP contribution is -2.38. The van der Waals surface area contributed by atoms with Crippen molar-refractivity contribution >= 4 is 29.6 Å². The molecule has 9 nitrogen and oxygen atoms in total. The van der Waals surface area contributed by atoms with Crippen LogP contribution < -0.4 is 15.5 Å². The maximum absolute atomic E-state index is 13.8. The van der Waals surface area contributed by atoms with Crippen molar-refractivity contribution < 1.29 is 18.7 Å². The van der Waals surface area contributed by atoms with Crippen LogP contribution in [0.25, 0.3) is 5.69 Å². The second kappa shape index (κ2) is 8.82. The molecule has 1 fully saturated rings. The number of benzene rings is 1. The fourth-order valence-electron chi connectivity index (χ4n) is 2.52. The van der Waals surface area contributed by atoms with E-state index in [0.29, 0.717) is 43.1 Å². The number of halogens is 1. The van der Waals surface area contributed by atoms with Crippen molar-refractivity contribution in [2.24, 2.45) is 0 Å². The number of rotatable bonds is 5. The normalized spacial score (nSPS) is 14.1. The molecule has 1 aromatic carbocycles. The minimum Gasteiger partial charge on any atom is -0.378 e. The SMILES string of the molecule is CNC(=O)NC(=O)CSc1nnc(N2CCOCC2)n1-c1cccc(F)c1. The van der Waals surface area contributed by atoms with Crippen LogP contribution >= 0.6 is 11.8 Å². The Morgan fingerprint density at radius 3 is 2.78 bits per heavy atom. The molecule has 2 aromatic rings. The first-order valence-corrected chi connectivity index (χ1v) is 9.25. The third-order valence-corrected chi connectivity index (χ3v) is 4.72. The molecule has 144 valence electrons. The van der Waals surface area contributed by atoms with E-state index in [1.807, 2.05) is 4.90 Å². The van der Waals surface area contributed by atoms with Crippen LogP contribution in [0.15, 0.2) is 29.4 Å². The van der Waals surface area contributed by atoms with Gasteiger partial charge in [-0.1, -0.05) is 17.8 Å². The first-order chi connectivity index (χ1) is 13.1. The smallest absolute Gasteiger partial charge is 0.321 e. The van der Waals surface area contributed by atoms with E-state index in [1.165, 1.54) is 19.2 Å². The Kier molecular flexibility index (Phi) is 6.24.